The molecule has 0 amide bonds. The summed E-state index contributed by atoms with van der Waals surface area (Å²) in [6, 6.07) is 5.80. The number of carbonyl (C=O) groups excluding carboxylic acids is 1. The van der Waals surface area contributed by atoms with Crippen LogP contribution in [0.2, 0.25) is 0 Å². The topological polar surface area (TPSA) is 69.6 Å². The maximum Gasteiger partial charge on any atom is 0.231 e. The molecule has 3 rings (SSSR count). The highest BCUT2D eigenvalue weighted by atomic mass is 16.7. The number of ether oxygens (including phenoxy) is 2. The maximum absolute atomic E-state index is 12.0. The number of fused-ring (bicyclic) bond motifs is 1. The zero-order valence-electron chi connectivity index (χ0n) is 19.1. The second-order valence-electron chi connectivity index (χ2n) is 7.82. The lowest BCUT2D eigenvalue weighted by atomic mass is 10.1. The first-order valence-corrected chi connectivity index (χ1v) is 10.7. The molecule has 168 valence electrons. The molecular formula is C23H33N5O3. The number of benzene rings is 1. The molecule has 1 fully saturated rings. The summed E-state index contributed by atoms with van der Waals surface area (Å²) in [5.74, 6) is 2.13. The van der Waals surface area contributed by atoms with Crippen LogP contribution in [0.5, 0.6) is 11.5 Å². The lowest BCUT2D eigenvalue weighted by molar-refractivity contribution is -0.106. The smallest absolute Gasteiger partial charge is 0.231 e. The molecule has 31 heavy (non-hydrogen) atoms. The van der Waals surface area contributed by atoms with E-state index in [1.54, 1.807) is 0 Å². The number of hydrogen-bond acceptors (Lipinski definition) is 6. The van der Waals surface area contributed by atoms with E-state index in [0.717, 1.165) is 60.9 Å². The van der Waals surface area contributed by atoms with Gasteiger partial charge in [0.25, 0.3) is 0 Å². The fraction of sp³-hybridized carbons (Fsp3) is 0.478. The van der Waals surface area contributed by atoms with Crippen LogP contribution in [0.4, 0.5) is 0 Å². The number of hydrogen-bond donors (Lipinski definition) is 1. The van der Waals surface area contributed by atoms with Crippen molar-refractivity contribution < 1.29 is 14.3 Å². The molecule has 0 atom stereocenters. The van der Waals surface area contributed by atoms with Gasteiger partial charge in [-0.05, 0) is 38.6 Å². The first-order valence-electron chi connectivity index (χ1n) is 10.7. The maximum atomic E-state index is 12.0. The zero-order valence-corrected chi connectivity index (χ0v) is 19.1. The third kappa shape index (κ3) is 5.38. The minimum Gasteiger partial charge on any atom is -0.454 e. The van der Waals surface area contributed by atoms with Crippen LogP contribution < -0.4 is 14.8 Å². The van der Waals surface area contributed by atoms with Crippen molar-refractivity contribution in [1.29, 1.82) is 0 Å². The Balaban J connectivity index is 1.89. The second-order valence-corrected chi connectivity index (χ2v) is 7.82. The van der Waals surface area contributed by atoms with E-state index >= 15 is 0 Å². The van der Waals surface area contributed by atoms with Crippen LogP contribution >= 0.6 is 0 Å². The Bertz CT molecular complexity index is 883. The predicted octanol–water partition coefficient (Wildman–Crippen LogP) is 2.35. The molecule has 2 aliphatic heterocycles. The standard InChI is InChI=1S/C23H33N5O3/c1-6-18(17-8-9-21-22(14-17)31-16-30-21)24-23(26(3)4)25-19(7-2)20(15-29)28-12-10-27(5)11-13-28/h6,8-9,14-15H,7,10-13,16H2,1-5H3,(H,24,25)/b18-6?,20-19+. The number of piperazine rings is 1. The van der Waals surface area contributed by atoms with E-state index in [4.69, 9.17) is 14.5 Å². The highest BCUT2D eigenvalue weighted by Crippen LogP contribution is 2.34. The number of carbonyl (C=O) groups is 1. The number of nitrogens with one attached hydrogen (secondary N) is 1. The van der Waals surface area contributed by atoms with E-state index in [0.29, 0.717) is 18.1 Å². The molecule has 2 heterocycles. The molecule has 0 aromatic heterocycles. The van der Waals surface area contributed by atoms with Gasteiger partial charge in [-0.25, -0.2) is 4.99 Å². The molecule has 1 N–H and O–H groups in total. The van der Waals surface area contributed by atoms with Crippen molar-refractivity contribution in [3.05, 3.63) is 41.2 Å². The van der Waals surface area contributed by atoms with Crippen LogP contribution in [-0.2, 0) is 4.79 Å². The third-order valence-electron chi connectivity index (χ3n) is 5.47. The Hall–Kier alpha value is -3.00. The molecule has 1 aromatic carbocycles. The molecule has 0 saturated carbocycles. The molecule has 0 spiro atoms. The molecule has 2 aliphatic rings. The summed E-state index contributed by atoms with van der Waals surface area (Å²) in [5.41, 5.74) is 3.31. The number of likely N-dealkylation sites (N-methyl/N-ethyl adjacent to an activating group) is 1. The lowest BCUT2D eigenvalue weighted by Gasteiger charge is -2.35. The van der Waals surface area contributed by atoms with Gasteiger partial charge in [0.05, 0.1) is 11.4 Å². The molecular weight excluding hydrogens is 394 g/mol. The fourth-order valence-corrected chi connectivity index (χ4v) is 3.56. The zero-order chi connectivity index (χ0) is 22.4. The monoisotopic (exact) mass is 427 g/mol. The van der Waals surface area contributed by atoms with Gasteiger partial charge < -0.3 is 29.5 Å². The van der Waals surface area contributed by atoms with Crippen LogP contribution in [0.1, 0.15) is 25.8 Å². The van der Waals surface area contributed by atoms with Gasteiger partial charge >= 0.3 is 0 Å². The Morgan fingerprint density at radius 1 is 1.19 bits per heavy atom. The van der Waals surface area contributed by atoms with Crippen LogP contribution in [0.15, 0.2) is 40.7 Å². The van der Waals surface area contributed by atoms with Gasteiger partial charge in [0.1, 0.15) is 0 Å². The van der Waals surface area contributed by atoms with Crippen molar-refractivity contribution in [3.8, 4) is 11.5 Å². The number of allylic oxidation sites excluding steroid dienone is 3. The normalized spacial score (nSPS) is 18.0. The van der Waals surface area contributed by atoms with E-state index in [1.165, 1.54) is 0 Å². The predicted molar refractivity (Wildman–Crippen MR) is 123 cm³/mol. The number of rotatable bonds is 6. The van der Waals surface area contributed by atoms with Crippen molar-refractivity contribution in [3.63, 3.8) is 0 Å². The highest BCUT2D eigenvalue weighted by molar-refractivity contribution is 5.88. The number of nitrogens with zero attached hydrogens (tertiary/aromatic N) is 4. The molecule has 0 bridgehead atoms. The summed E-state index contributed by atoms with van der Waals surface area (Å²) in [5, 5.41) is 3.42. The van der Waals surface area contributed by atoms with Gasteiger partial charge in [-0.1, -0.05) is 13.0 Å². The third-order valence-corrected chi connectivity index (χ3v) is 5.47. The largest absolute Gasteiger partial charge is 0.454 e. The van der Waals surface area contributed by atoms with Gasteiger partial charge in [0, 0.05) is 51.5 Å². The molecule has 8 heteroatoms. The summed E-state index contributed by atoms with van der Waals surface area (Å²) in [6.07, 6.45) is 3.61. The highest BCUT2D eigenvalue weighted by Gasteiger charge is 2.20. The summed E-state index contributed by atoms with van der Waals surface area (Å²) in [6.45, 7) is 7.79. The Kier molecular flexibility index (Phi) is 7.57. The van der Waals surface area contributed by atoms with Crippen molar-refractivity contribution in [2.24, 2.45) is 4.99 Å². The Morgan fingerprint density at radius 3 is 2.52 bits per heavy atom. The average molecular weight is 428 g/mol. The van der Waals surface area contributed by atoms with Crippen molar-refractivity contribution in [2.45, 2.75) is 20.3 Å². The first kappa shape index (κ1) is 22.7. The van der Waals surface area contributed by atoms with Gasteiger partial charge in [0.2, 0.25) is 12.8 Å². The summed E-state index contributed by atoms with van der Waals surface area (Å²) in [7, 11) is 5.97. The van der Waals surface area contributed by atoms with Crippen LogP contribution in [0.25, 0.3) is 5.70 Å². The van der Waals surface area contributed by atoms with Crippen LogP contribution in [0.3, 0.4) is 0 Å². The Morgan fingerprint density at radius 2 is 1.90 bits per heavy atom. The number of aliphatic imine (C=N–C) groups is 1. The van der Waals surface area contributed by atoms with Gasteiger partial charge in [-0.15, -0.1) is 0 Å². The molecule has 1 saturated heterocycles. The van der Waals surface area contributed by atoms with Crippen molar-refractivity contribution in [2.75, 3.05) is 54.1 Å². The van der Waals surface area contributed by atoms with Gasteiger partial charge in [0.15, 0.2) is 17.8 Å². The Labute approximate surface area is 184 Å². The molecule has 1 aromatic rings. The summed E-state index contributed by atoms with van der Waals surface area (Å²) in [4.78, 5) is 23.2. The fourth-order valence-electron chi connectivity index (χ4n) is 3.56. The lowest BCUT2D eigenvalue weighted by Crippen LogP contribution is -2.45. The SMILES string of the molecule is CC=C(N=C(N/C(CC)=C(\C=O)N1CCN(C)CC1)N(C)C)c1ccc2c(c1)OCO2. The van der Waals surface area contributed by atoms with Crippen molar-refractivity contribution >= 4 is 17.9 Å². The van der Waals surface area contributed by atoms with E-state index in [9.17, 15) is 4.79 Å². The minimum absolute atomic E-state index is 0.239. The average Bonchev–Trinajstić information content (AvgIpc) is 3.24. The first-order chi connectivity index (χ1) is 15.0. The van der Waals surface area contributed by atoms with Crippen LogP contribution in [-0.4, -0.2) is 81.1 Å². The summed E-state index contributed by atoms with van der Waals surface area (Å²) >= 11 is 0. The quantitative estimate of drug-likeness (QED) is 0.323. The van der Waals surface area contributed by atoms with Crippen LogP contribution in [0, 0.1) is 0 Å². The van der Waals surface area contributed by atoms with E-state index in [-0.39, 0.29) is 6.79 Å². The van der Waals surface area contributed by atoms with Crippen molar-refractivity contribution in [1.82, 2.24) is 20.0 Å². The number of guanidine groups is 1. The van der Waals surface area contributed by atoms with Gasteiger partial charge in [-0.2, -0.15) is 0 Å². The minimum atomic E-state index is 0.239. The number of aldehydes is 1. The van der Waals surface area contributed by atoms with E-state index in [2.05, 4.69) is 22.2 Å². The molecule has 0 radical (unpaired) electrons. The van der Waals surface area contributed by atoms with E-state index < -0.39 is 0 Å². The summed E-state index contributed by atoms with van der Waals surface area (Å²) < 4.78 is 10.9. The van der Waals surface area contributed by atoms with Gasteiger partial charge in [-0.3, -0.25) is 4.79 Å². The second kappa shape index (κ2) is 10.3. The molecule has 0 unspecified atom stereocenters. The van der Waals surface area contributed by atoms with E-state index in [1.807, 2.05) is 57.1 Å². The molecule has 8 nitrogen and oxygen atoms in total. The molecule has 0 aliphatic carbocycles.